The third kappa shape index (κ3) is 3.81. The van der Waals surface area contributed by atoms with Crippen LogP contribution in [0.2, 0.25) is 5.02 Å². The average molecular weight is 404 g/mol. The molecule has 3 N–H and O–H groups in total. The number of H-pyrrole nitrogens is 1. The molecule has 1 atom stereocenters. The first-order valence-electron chi connectivity index (χ1n) is 8.49. The topological polar surface area (TPSA) is 99.8 Å². The van der Waals surface area contributed by atoms with Crippen LogP contribution in [0, 0.1) is 12.8 Å². The van der Waals surface area contributed by atoms with Crippen LogP contribution in [0.5, 0.6) is 0 Å². The van der Waals surface area contributed by atoms with Gasteiger partial charge in [0.1, 0.15) is 17.2 Å². The highest BCUT2D eigenvalue weighted by Crippen LogP contribution is 2.33. The van der Waals surface area contributed by atoms with Gasteiger partial charge in [0, 0.05) is 23.3 Å². The Morgan fingerprint density at radius 1 is 1.26 bits per heavy atom. The largest absolute Gasteiger partial charge is 0.353 e. The molecule has 2 aromatic heterocycles. The Bertz CT molecular complexity index is 1080. The lowest BCUT2D eigenvalue weighted by atomic mass is 10.2. The van der Waals surface area contributed by atoms with E-state index in [9.17, 15) is 9.00 Å². The highest BCUT2D eigenvalue weighted by Gasteiger charge is 2.30. The van der Waals surface area contributed by atoms with Gasteiger partial charge in [0.25, 0.3) is 0 Å². The van der Waals surface area contributed by atoms with E-state index in [-0.39, 0.29) is 11.8 Å². The number of nitrogens with zero attached hydrogens (tertiary/aromatic N) is 2. The third-order valence-corrected chi connectivity index (χ3v) is 5.49. The molecule has 1 saturated carbocycles. The number of hydrogen-bond acceptors (Lipinski definition) is 5. The summed E-state index contributed by atoms with van der Waals surface area (Å²) in [5.74, 6) is 1.19. The molecule has 140 valence electrons. The number of rotatable bonds is 5. The van der Waals surface area contributed by atoms with Crippen LogP contribution >= 0.6 is 11.6 Å². The zero-order chi connectivity index (χ0) is 19.1. The number of halogens is 1. The van der Waals surface area contributed by atoms with E-state index in [0.29, 0.717) is 44.1 Å². The van der Waals surface area contributed by atoms with E-state index in [1.165, 1.54) is 0 Å². The number of imidazole rings is 1. The van der Waals surface area contributed by atoms with E-state index < -0.39 is 10.8 Å². The molecule has 3 aromatic rings. The number of amides is 1. The molecule has 0 bridgehead atoms. The van der Waals surface area contributed by atoms with Gasteiger partial charge in [-0.05, 0) is 38.0 Å². The summed E-state index contributed by atoms with van der Waals surface area (Å²) in [6.07, 6.45) is 3.43. The van der Waals surface area contributed by atoms with Crippen molar-refractivity contribution in [1.29, 1.82) is 0 Å². The summed E-state index contributed by atoms with van der Waals surface area (Å²) < 4.78 is 12.1. The summed E-state index contributed by atoms with van der Waals surface area (Å²) in [5, 5.41) is 6.65. The highest BCUT2D eigenvalue weighted by atomic mass is 35.5. The van der Waals surface area contributed by atoms with Crippen LogP contribution in [0.3, 0.4) is 0 Å². The van der Waals surface area contributed by atoms with E-state index in [1.807, 2.05) is 6.92 Å². The van der Waals surface area contributed by atoms with Crippen LogP contribution in [0.15, 0.2) is 29.2 Å². The molecule has 0 saturated heterocycles. The molecule has 0 spiro atoms. The molecule has 1 aromatic carbocycles. The van der Waals surface area contributed by atoms with Gasteiger partial charge in [0.2, 0.25) is 5.91 Å². The lowest BCUT2D eigenvalue weighted by Crippen LogP contribution is -2.14. The number of anilines is 3. The number of nitrogens with one attached hydrogen (secondary N) is 3. The minimum atomic E-state index is -1.22. The quantitative estimate of drug-likeness (QED) is 0.602. The van der Waals surface area contributed by atoms with Crippen LogP contribution in [0.4, 0.5) is 17.2 Å². The Hall–Kier alpha value is -2.45. The Morgan fingerprint density at radius 2 is 2.04 bits per heavy atom. The van der Waals surface area contributed by atoms with Gasteiger partial charge < -0.3 is 15.6 Å². The molecule has 4 rings (SSSR count). The summed E-state index contributed by atoms with van der Waals surface area (Å²) in [4.78, 5) is 24.7. The normalized spacial score (nSPS) is 14.9. The average Bonchev–Trinajstić information content (AvgIpc) is 3.38. The third-order valence-electron chi connectivity index (χ3n) is 4.30. The van der Waals surface area contributed by atoms with Crippen molar-refractivity contribution in [3.8, 4) is 0 Å². The van der Waals surface area contributed by atoms with Gasteiger partial charge in [-0.1, -0.05) is 11.6 Å². The number of aryl methyl sites for hydroxylation is 1. The van der Waals surface area contributed by atoms with Crippen molar-refractivity contribution in [3.63, 3.8) is 0 Å². The SMILES string of the molecule is Cc1nc2nc(NC(=O)C3CC3)cc(Nc3ccc(Cl)cc3S(C)=O)c2[nH]1. The Kier molecular flexibility index (Phi) is 4.61. The molecule has 7 nitrogen and oxygen atoms in total. The van der Waals surface area contributed by atoms with Crippen molar-refractivity contribution in [2.45, 2.75) is 24.7 Å². The van der Waals surface area contributed by atoms with Crippen molar-refractivity contribution < 1.29 is 9.00 Å². The lowest BCUT2D eigenvalue weighted by molar-refractivity contribution is -0.117. The van der Waals surface area contributed by atoms with E-state index in [2.05, 4.69) is 25.6 Å². The van der Waals surface area contributed by atoms with Crippen LogP contribution < -0.4 is 10.6 Å². The van der Waals surface area contributed by atoms with Crippen molar-refractivity contribution in [1.82, 2.24) is 15.0 Å². The zero-order valence-electron chi connectivity index (χ0n) is 14.8. The van der Waals surface area contributed by atoms with Gasteiger partial charge >= 0.3 is 0 Å². The maximum Gasteiger partial charge on any atom is 0.228 e. The number of pyridine rings is 1. The van der Waals surface area contributed by atoms with Crippen molar-refractivity contribution in [2.24, 2.45) is 5.92 Å². The first-order chi connectivity index (χ1) is 12.9. The number of carbonyl (C=O) groups is 1. The summed E-state index contributed by atoms with van der Waals surface area (Å²) in [7, 11) is -1.22. The first kappa shape index (κ1) is 17.9. The van der Waals surface area contributed by atoms with Gasteiger partial charge in [-0.3, -0.25) is 9.00 Å². The highest BCUT2D eigenvalue weighted by molar-refractivity contribution is 7.84. The molecule has 1 aliphatic rings. The van der Waals surface area contributed by atoms with Crippen LogP contribution in [-0.4, -0.2) is 31.3 Å². The van der Waals surface area contributed by atoms with Crippen molar-refractivity contribution in [2.75, 3.05) is 16.9 Å². The number of benzene rings is 1. The van der Waals surface area contributed by atoms with Crippen molar-refractivity contribution in [3.05, 3.63) is 35.1 Å². The van der Waals surface area contributed by atoms with Gasteiger partial charge in [-0.25, -0.2) is 9.97 Å². The van der Waals surface area contributed by atoms with Crippen LogP contribution in [0.25, 0.3) is 11.2 Å². The Labute approximate surface area is 163 Å². The fourth-order valence-electron chi connectivity index (χ4n) is 2.82. The van der Waals surface area contributed by atoms with Crippen LogP contribution in [-0.2, 0) is 15.6 Å². The Balaban J connectivity index is 1.76. The second kappa shape index (κ2) is 6.94. The predicted molar refractivity (Wildman–Crippen MR) is 107 cm³/mol. The number of aromatic amines is 1. The van der Waals surface area contributed by atoms with Gasteiger partial charge in [0.05, 0.1) is 27.1 Å². The summed E-state index contributed by atoms with van der Waals surface area (Å²) in [6, 6.07) is 6.92. The smallest absolute Gasteiger partial charge is 0.228 e. The number of hydrogen-bond donors (Lipinski definition) is 3. The Morgan fingerprint density at radius 3 is 2.74 bits per heavy atom. The predicted octanol–water partition coefficient (Wildman–Crippen LogP) is 3.75. The maximum absolute atomic E-state index is 12.1. The second-order valence-corrected chi connectivity index (χ2v) is 8.34. The fraction of sp³-hybridized carbons (Fsp3) is 0.278. The van der Waals surface area contributed by atoms with Gasteiger partial charge in [-0.2, -0.15) is 0 Å². The molecule has 2 heterocycles. The van der Waals surface area contributed by atoms with Gasteiger partial charge in [0.15, 0.2) is 5.65 Å². The molecule has 0 aliphatic heterocycles. The molecule has 27 heavy (non-hydrogen) atoms. The summed E-state index contributed by atoms with van der Waals surface area (Å²) >= 11 is 6.04. The van der Waals surface area contributed by atoms with E-state index >= 15 is 0 Å². The molecular weight excluding hydrogens is 386 g/mol. The van der Waals surface area contributed by atoms with Crippen molar-refractivity contribution >= 4 is 56.7 Å². The number of carbonyl (C=O) groups excluding carboxylic acids is 1. The van der Waals surface area contributed by atoms with E-state index in [4.69, 9.17) is 11.6 Å². The molecule has 1 fully saturated rings. The standard InChI is InChI=1S/C18H18ClN5O2S/c1-9-20-16-13(22-12-6-5-11(19)7-14(12)27(2)26)8-15(23-17(16)21-9)24-18(25)10-3-4-10/h5-8,10H,3-4H2,1-2H3,(H3,20,21,22,23,24,25). The molecule has 9 heteroatoms. The maximum atomic E-state index is 12.1. The molecule has 1 aliphatic carbocycles. The summed E-state index contributed by atoms with van der Waals surface area (Å²) in [6.45, 7) is 1.84. The molecular formula is C18H18ClN5O2S. The first-order valence-corrected chi connectivity index (χ1v) is 10.4. The molecule has 1 amide bonds. The minimum absolute atomic E-state index is 0.0260. The monoisotopic (exact) mass is 403 g/mol. The summed E-state index contributed by atoms with van der Waals surface area (Å²) in [5.41, 5.74) is 2.55. The number of aromatic nitrogens is 3. The van der Waals surface area contributed by atoms with E-state index in [0.717, 1.165) is 12.8 Å². The minimum Gasteiger partial charge on any atom is -0.353 e. The zero-order valence-corrected chi connectivity index (χ0v) is 16.4. The van der Waals surface area contributed by atoms with Crippen LogP contribution in [0.1, 0.15) is 18.7 Å². The van der Waals surface area contributed by atoms with E-state index in [1.54, 1.807) is 30.5 Å². The fourth-order valence-corrected chi connectivity index (χ4v) is 3.78. The molecule has 1 unspecified atom stereocenters. The number of fused-ring (bicyclic) bond motifs is 1. The second-order valence-electron chi connectivity index (χ2n) is 6.56. The lowest BCUT2D eigenvalue weighted by Gasteiger charge is -2.13. The molecule has 0 radical (unpaired) electrons. The van der Waals surface area contributed by atoms with Gasteiger partial charge in [-0.15, -0.1) is 0 Å².